The van der Waals surface area contributed by atoms with E-state index in [2.05, 4.69) is 88.7 Å². The number of fused-ring (bicyclic) bond motifs is 2. The quantitative estimate of drug-likeness (QED) is 0.195. The van der Waals surface area contributed by atoms with E-state index < -0.39 is 0 Å². The smallest absolute Gasteiger partial charge is 1.00 e. The summed E-state index contributed by atoms with van der Waals surface area (Å²) in [6.07, 6.45) is 0. The molecule has 4 aromatic rings. The predicted molar refractivity (Wildman–Crippen MR) is 90.2 cm³/mol. The van der Waals surface area contributed by atoms with E-state index >= 15 is 0 Å². The maximum absolute atomic E-state index is 3.64. The fourth-order valence-corrected chi connectivity index (χ4v) is 3.33. The molecule has 0 N–H and O–H groups in total. The third-order valence-electron chi connectivity index (χ3n) is 3.80. The van der Waals surface area contributed by atoms with Crippen LogP contribution in [0.5, 0.6) is 0 Å². The molecule has 0 bridgehead atoms. The molecule has 0 nitrogen and oxygen atoms in total. The molecular weight excluding hydrogens is 639 g/mol. The van der Waals surface area contributed by atoms with Crippen LogP contribution in [0, 0.1) is 0 Å². The fraction of sp³-hybridized carbons (Fsp3) is 0. The predicted octanol–water partition coefficient (Wildman–Crippen LogP) is -2.85. The number of halogens is 4. The third-order valence-corrected chi connectivity index (χ3v) is 4.49. The molecule has 5 heteroatoms. The van der Waals surface area contributed by atoms with Gasteiger partial charge in [0, 0.05) is 4.47 Å². The molecular formula is C19H12Br4Zr. The van der Waals surface area contributed by atoms with E-state index in [4.69, 9.17) is 0 Å². The molecule has 4 aromatic carbocycles. The fourth-order valence-electron chi connectivity index (χ4n) is 2.83. The van der Waals surface area contributed by atoms with Gasteiger partial charge in [0.1, 0.15) is 0 Å². The summed E-state index contributed by atoms with van der Waals surface area (Å²) in [6, 6.07) is 25.9. The molecule has 0 unspecified atom stereocenters. The Bertz CT molecular complexity index is 898. The summed E-state index contributed by atoms with van der Waals surface area (Å²) >= 11 is 3.64. The Labute approximate surface area is 200 Å². The summed E-state index contributed by atoms with van der Waals surface area (Å²) < 4.78 is 1.15. The van der Waals surface area contributed by atoms with Gasteiger partial charge in [-0.25, -0.2) is 0 Å². The molecule has 4 rings (SSSR count). The van der Waals surface area contributed by atoms with Gasteiger partial charge in [-0.2, -0.15) is 0 Å². The Hall–Kier alpha value is 0.333. The standard InChI is InChI=1S/C19H12Br.3BrH.Zr/c20-19-10-4-8-17-16(7-3-9-18(17)19)15-11-13-5-1-2-6-14(13)12-15;;;;/h1-12H;3*1H;/q-1;;;;+4/p-3. The molecule has 0 aromatic heterocycles. The molecule has 0 atom stereocenters. The normalized spacial score (nSPS) is 9.38. The molecule has 0 spiro atoms. The second-order valence-corrected chi connectivity index (χ2v) is 5.87. The van der Waals surface area contributed by atoms with E-state index in [-0.39, 0.29) is 77.1 Å². The Morgan fingerprint density at radius 2 is 1.38 bits per heavy atom. The Kier molecular flexibility index (Phi) is 10.6. The van der Waals surface area contributed by atoms with Crippen LogP contribution in [0.4, 0.5) is 0 Å². The maximum Gasteiger partial charge on any atom is 4.00 e. The zero-order valence-electron chi connectivity index (χ0n) is 12.4. The van der Waals surface area contributed by atoms with Crippen LogP contribution >= 0.6 is 15.9 Å². The Morgan fingerprint density at radius 3 is 2.12 bits per heavy atom. The molecule has 0 radical (unpaired) electrons. The summed E-state index contributed by atoms with van der Waals surface area (Å²) in [4.78, 5) is 0. The minimum Gasteiger partial charge on any atom is -1.00 e. The van der Waals surface area contributed by atoms with Crippen LogP contribution in [0.2, 0.25) is 0 Å². The summed E-state index contributed by atoms with van der Waals surface area (Å²) in [6.45, 7) is 0. The zero-order chi connectivity index (χ0) is 13.5. The molecule has 0 aliphatic carbocycles. The number of rotatable bonds is 1. The molecule has 0 heterocycles. The number of hydrogen-bond acceptors (Lipinski definition) is 0. The molecule has 24 heavy (non-hydrogen) atoms. The zero-order valence-corrected chi connectivity index (χ0v) is 21.2. The van der Waals surface area contributed by atoms with Gasteiger partial charge in [-0.15, -0.1) is 34.5 Å². The summed E-state index contributed by atoms with van der Waals surface area (Å²) in [7, 11) is 0. The van der Waals surface area contributed by atoms with Gasteiger partial charge in [0.15, 0.2) is 0 Å². The van der Waals surface area contributed by atoms with Crippen molar-refractivity contribution in [3.05, 3.63) is 77.3 Å². The monoisotopic (exact) mass is 646 g/mol. The summed E-state index contributed by atoms with van der Waals surface area (Å²) in [5, 5.41) is 5.15. The van der Waals surface area contributed by atoms with E-state index in [9.17, 15) is 0 Å². The van der Waals surface area contributed by atoms with E-state index in [1.807, 2.05) is 0 Å². The van der Waals surface area contributed by atoms with Gasteiger partial charge in [-0.05, 0) is 16.8 Å². The van der Waals surface area contributed by atoms with Crippen LogP contribution < -0.4 is 50.9 Å². The molecule has 0 aliphatic heterocycles. The van der Waals surface area contributed by atoms with Gasteiger partial charge >= 0.3 is 26.2 Å². The van der Waals surface area contributed by atoms with Crippen molar-refractivity contribution in [2.45, 2.75) is 0 Å². The summed E-state index contributed by atoms with van der Waals surface area (Å²) in [5.74, 6) is 0. The van der Waals surface area contributed by atoms with Gasteiger partial charge < -0.3 is 50.9 Å². The van der Waals surface area contributed by atoms with Gasteiger partial charge in [0.25, 0.3) is 0 Å². The van der Waals surface area contributed by atoms with Gasteiger partial charge in [-0.1, -0.05) is 70.0 Å². The van der Waals surface area contributed by atoms with Crippen LogP contribution in [0.15, 0.2) is 77.3 Å². The van der Waals surface area contributed by atoms with E-state index in [1.54, 1.807) is 0 Å². The van der Waals surface area contributed by atoms with Crippen LogP contribution in [0.25, 0.3) is 32.7 Å². The van der Waals surface area contributed by atoms with Crippen LogP contribution in [0.3, 0.4) is 0 Å². The van der Waals surface area contributed by atoms with Crippen molar-refractivity contribution in [3.8, 4) is 11.1 Å². The third kappa shape index (κ3) is 4.54. The average Bonchev–Trinajstić information content (AvgIpc) is 2.91. The van der Waals surface area contributed by atoms with Crippen molar-refractivity contribution < 1.29 is 77.1 Å². The van der Waals surface area contributed by atoms with E-state index in [1.165, 1.54) is 32.7 Å². The van der Waals surface area contributed by atoms with Gasteiger partial charge in [-0.3, -0.25) is 0 Å². The van der Waals surface area contributed by atoms with Crippen LogP contribution in [-0.4, -0.2) is 0 Å². The van der Waals surface area contributed by atoms with Crippen molar-refractivity contribution >= 4 is 37.5 Å². The maximum atomic E-state index is 3.64. The van der Waals surface area contributed by atoms with E-state index in [0.29, 0.717) is 0 Å². The molecule has 0 aliphatic rings. The average molecular weight is 651 g/mol. The second kappa shape index (κ2) is 10.5. The molecule has 0 fully saturated rings. The van der Waals surface area contributed by atoms with Crippen molar-refractivity contribution in [1.82, 2.24) is 0 Å². The minimum absolute atomic E-state index is 0. The summed E-state index contributed by atoms with van der Waals surface area (Å²) in [5.41, 5.74) is 2.58. The molecule has 0 saturated carbocycles. The first-order valence-corrected chi connectivity index (χ1v) is 7.45. The second-order valence-electron chi connectivity index (χ2n) is 5.01. The van der Waals surface area contributed by atoms with Gasteiger partial charge in [0.2, 0.25) is 0 Å². The van der Waals surface area contributed by atoms with Gasteiger partial charge in [0.05, 0.1) is 0 Å². The van der Waals surface area contributed by atoms with Crippen molar-refractivity contribution in [3.63, 3.8) is 0 Å². The first-order chi connectivity index (χ1) is 9.83. The van der Waals surface area contributed by atoms with Crippen LogP contribution in [0.1, 0.15) is 0 Å². The van der Waals surface area contributed by atoms with Crippen LogP contribution in [-0.2, 0) is 26.2 Å². The Balaban J connectivity index is 0.00000132. The largest absolute Gasteiger partial charge is 4.00 e. The SMILES string of the molecule is Brc1cccc2c(-c3cc4ccccc4[cH-]3)cccc12.[Br-].[Br-].[Br-].[Zr+4]. The minimum atomic E-state index is 0. The first kappa shape index (κ1) is 24.3. The number of benzene rings is 3. The molecule has 0 amide bonds. The van der Waals surface area contributed by atoms with Crippen molar-refractivity contribution in [1.29, 1.82) is 0 Å². The number of hydrogen-bond donors (Lipinski definition) is 0. The Morgan fingerprint density at radius 1 is 0.708 bits per heavy atom. The van der Waals surface area contributed by atoms with E-state index in [0.717, 1.165) is 4.47 Å². The first-order valence-electron chi connectivity index (χ1n) is 6.66. The van der Waals surface area contributed by atoms with Crippen molar-refractivity contribution in [2.24, 2.45) is 0 Å². The molecule has 120 valence electrons. The molecule has 0 saturated heterocycles. The topological polar surface area (TPSA) is 0 Å². The van der Waals surface area contributed by atoms with Crippen molar-refractivity contribution in [2.75, 3.05) is 0 Å².